The van der Waals surface area contributed by atoms with Crippen LogP contribution in [0.25, 0.3) is 5.69 Å². The van der Waals surface area contributed by atoms with Crippen molar-refractivity contribution in [3.63, 3.8) is 0 Å². The van der Waals surface area contributed by atoms with Gasteiger partial charge in [0.1, 0.15) is 5.00 Å². The second-order valence-corrected chi connectivity index (χ2v) is 8.54. The van der Waals surface area contributed by atoms with Crippen molar-refractivity contribution in [2.45, 2.75) is 26.8 Å². The maximum Gasteiger partial charge on any atom is 0.341 e. The van der Waals surface area contributed by atoms with Gasteiger partial charge < -0.3 is 20.3 Å². The highest BCUT2D eigenvalue weighted by Crippen LogP contribution is 2.38. The highest BCUT2D eigenvalue weighted by Gasteiger charge is 2.29. The maximum absolute atomic E-state index is 13.1. The molecule has 0 saturated carbocycles. The summed E-state index contributed by atoms with van der Waals surface area (Å²) in [5.74, 6) is -1.11. The highest BCUT2D eigenvalue weighted by atomic mass is 32.1. The molecule has 3 aromatic rings. The fourth-order valence-corrected chi connectivity index (χ4v) is 5.15. The van der Waals surface area contributed by atoms with Crippen LogP contribution in [-0.4, -0.2) is 51.3 Å². The third kappa shape index (κ3) is 4.09. The zero-order valence-corrected chi connectivity index (χ0v) is 18.7. The number of aromatic hydroxyl groups is 2. The minimum Gasteiger partial charge on any atom is -0.494 e. The van der Waals surface area contributed by atoms with E-state index in [1.807, 2.05) is 0 Å². The number of nitrogens with one attached hydrogen (secondary N) is 1. The zero-order valence-electron chi connectivity index (χ0n) is 17.9. The summed E-state index contributed by atoms with van der Waals surface area (Å²) in [6.45, 7) is 6.61. The van der Waals surface area contributed by atoms with Crippen LogP contribution in [0.4, 0.5) is 5.00 Å². The summed E-state index contributed by atoms with van der Waals surface area (Å²) in [5.41, 5.74) is 2.15. The van der Waals surface area contributed by atoms with E-state index in [-0.39, 0.29) is 18.4 Å². The largest absolute Gasteiger partial charge is 0.494 e. The lowest BCUT2D eigenvalue weighted by atomic mass is 10.0. The Balaban J connectivity index is 1.66. The average Bonchev–Trinajstić information content (AvgIpc) is 3.31. The van der Waals surface area contributed by atoms with Crippen molar-refractivity contribution in [2.24, 2.45) is 0 Å². The zero-order chi connectivity index (χ0) is 22.8. The molecular formula is C23H25N3O5S. The molecule has 1 aromatic carbocycles. The van der Waals surface area contributed by atoms with Gasteiger partial charge in [-0.25, -0.2) is 4.79 Å². The Bertz CT molecular complexity index is 1150. The molecule has 8 nitrogen and oxygen atoms in total. The summed E-state index contributed by atoms with van der Waals surface area (Å²) >= 11 is 1.41. The maximum atomic E-state index is 13.1. The van der Waals surface area contributed by atoms with Gasteiger partial charge in [-0.2, -0.15) is 0 Å². The number of hydrogen-bond donors (Lipinski definition) is 3. The lowest BCUT2D eigenvalue weighted by Gasteiger charge is -2.25. The minimum absolute atomic E-state index is 0.143. The third-order valence-corrected chi connectivity index (χ3v) is 6.63. The van der Waals surface area contributed by atoms with E-state index in [1.54, 1.807) is 31.2 Å². The Labute approximate surface area is 189 Å². The molecule has 4 rings (SSSR count). The van der Waals surface area contributed by atoms with E-state index in [2.05, 4.69) is 17.1 Å². The number of rotatable bonds is 6. The quantitative estimate of drug-likeness (QED) is 0.489. The van der Waals surface area contributed by atoms with Gasteiger partial charge in [0.25, 0.3) is 5.91 Å². The van der Waals surface area contributed by atoms with Crippen LogP contribution in [0.5, 0.6) is 11.8 Å². The normalized spacial score (nSPS) is 13.6. The number of fused-ring (bicyclic) bond motifs is 1. The predicted molar refractivity (Wildman–Crippen MR) is 122 cm³/mol. The smallest absolute Gasteiger partial charge is 0.341 e. The second-order valence-electron chi connectivity index (χ2n) is 7.44. The van der Waals surface area contributed by atoms with E-state index in [0.29, 0.717) is 21.8 Å². The summed E-state index contributed by atoms with van der Waals surface area (Å²) in [4.78, 5) is 29.1. The monoisotopic (exact) mass is 455 g/mol. The highest BCUT2D eigenvalue weighted by molar-refractivity contribution is 7.17. The lowest BCUT2D eigenvalue weighted by Crippen LogP contribution is -2.30. The molecule has 0 aliphatic carbocycles. The van der Waals surface area contributed by atoms with Gasteiger partial charge >= 0.3 is 5.97 Å². The average molecular weight is 456 g/mol. The molecule has 1 aliphatic heterocycles. The number of benzene rings is 1. The molecule has 0 bridgehead atoms. The van der Waals surface area contributed by atoms with Crippen molar-refractivity contribution in [1.82, 2.24) is 9.47 Å². The van der Waals surface area contributed by atoms with Crippen LogP contribution in [0.2, 0.25) is 0 Å². The molecule has 0 spiro atoms. The molecule has 0 unspecified atom stereocenters. The Morgan fingerprint density at radius 3 is 2.59 bits per heavy atom. The van der Waals surface area contributed by atoms with E-state index in [1.165, 1.54) is 28.0 Å². The van der Waals surface area contributed by atoms with Crippen molar-refractivity contribution in [1.29, 1.82) is 0 Å². The van der Waals surface area contributed by atoms with Crippen LogP contribution in [-0.2, 0) is 17.7 Å². The molecule has 1 aliphatic rings. The van der Waals surface area contributed by atoms with Gasteiger partial charge in [-0.05, 0) is 43.7 Å². The number of aromatic nitrogens is 1. The van der Waals surface area contributed by atoms with Gasteiger partial charge in [0.05, 0.1) is 17.9 Å². The van der Waals surface area contributed by atoms with Gasteiger partial charge in [-0.15, -0.1) is 11.3 Å². The fourth-order valence-electron chi connectivity index (χ4n) is 3.88. The second kappa shape index (κ2) is 9.05. The molecule has 0 fully saturated rings. The van der Waals surface area contributed by atoms with Gasteiger partial charge in [0.2, 0.25) is 0 Å². The molecule has 0 saturated heterocycles. The first-order valence-electron chi connectivity index (χ1n) is 10.5. The number of hydrogen-bond acceptors (Lipinski definition) is 7. The summed E-state index contributed by atoms with van der Waals surface area (Å²) in [5, 5.41) is 23.3. The topological polar surface area (TPSA) is 104 Å². The first-order chi connectivity index (χ1) is 15.4. The van der Waals surface area contributed by atoms with Crippen LogP contribution in [0.15, 0.2) is 36.4 Å². The summed E-state index contributed by atoms with van der Waals surface area (Å²) in [7, 11) is 0. The van der Waals surface area contributed by atoms with Gasteiger partial charge in [0.15, 0.2) is 11.8 Å². The van der Waals surface area contributed by atoms with Crippen LogP contribution < -0.4 is 5.32 Å². The first-order valence-corrected chi connectivity index (χ1v) is 11.3. The molecule has 0 atom stereocenters. The van der Waals surface area contributed by atoms with E-state index < -0.39 is 11.9 Å². The molecule has 1 amide bonds. The van der Waals surface area contributed by atoms with E-state index in [9.17, 15) is 19.8 Å². The van der Waals surface area contributed by atoms with Crippen LogP contribution in [0.3, 0.4) is 0 Å². The third-order valence-electron chi connectivity index (χ3n) is 5.50. The van der Waals surface area contributed by atoms with E-state index in [0.717, 1.165) is 36.5 Å². The molecule has 3 heterocycles. The van der Waals surface area contributed by atoms with Gasteiger partial charge in [-0.3, -0.25) is 14.3 Å². The molecule has 3 N–H and O–H groups in total. The van der Waals surface area contributed by atoms with E-state index in [4.69, 9.17) is 4.74 Å². The Morgan fingerprint density at radius 2 is 1.91 bits per heavy atom. The number of anilines is 1. The predicted octanol–water partition coefficient (Wildman–Crippen LogP) is 3.76. The van der Waals surface area contributed by atoms with Crippen molar-refractivity contribution in [2.75, 3.05) is 25.0 Å². The fraction of sp³-hybridized carbons (Fsp3) is 0.304. The number of carbonyl (C=O) groups excluding carboxylic acids is 2. The first kappa shape index (κ1) is 21.9. The number of thiophene rings is 1. The SMILES string of the molecule is CCOC(=O)c1c(NC(=O)c2cccc(-n3c(O)ccc3O)c2)sc2c1CCN(CC)C2. The number of carbonyl (C=O) groups is 2. The number of likely N-dealkylation sites (N-methyl/N-ethyl adjacent to an activating group) is 1. The summed E-state index contributed by atoms with van der Waals surface area (Å²) in [6.07, 6.45) is 0.728. The Morgan fingerprint density at radius 1 is 1.16 bits per heavy atom. The summed E-state index contributed by atoms with van der Waals surface area (Å²) in [6, 6.07) is 9.25. The standard InChI is InChI=1S/C23H25N3O5S/c1-3-25-11-10-16-17(13-25)32-22(20(16)23(30)31-4-2)24-21(29)14-6-5-7-15(12-14)26-18(27)8-9-19(26)28/h5-9,12,27-28H,3-4,10-11,13H2,1-2H3,(H,24,29). The number of nitrogens with zero attached hydrogens (tertiary/aromatic N) is 2. The van der Waals surface area contributed by atoms with Crippen LogP contribution in [0, 0.1) is 0 Å². The lowest BCUT2D eigenvalue weighted by molar-refractivity contribution is 0.0526. The van der Waals surface area contributed by atoms with Crippen molar-refractivity contribution >= 4 is 28.2 Å². The molecule has 168 valence electrons. The minimum atomic E-state index is -0.429. The Kier molecular flexibility index (Phi) is 6.20. The number of amides is 1. The van der Waals surface area contributed by atoms with Crippen LogP contribution >= 0.6 is 11.3 Å². The van der Waals surface area contributed by atoms with Gasteiger partial charge in [-0.1, -0.05) is 13.0 Å². The van der Waals surface area contributed by atoms with Gasteiger partial charge in [0, 0.05) is 35.7 Å². The molecule has 0 radical (unpaired) electrons. The molecule has 2 aromatic heterocycles. The molecule has 32 heavy (non-hydrogen) atoms. The number of esters is 1. The molecule has 9 heteroatoms. The van der Waals surface area contributed by atoms with Crippen molar-refractivity contribution < 1.29 is 24.5 Å². The van der Waals surface area contributed by atoms with Crippen LogP contribution in [0.1, 0.15) is 45.0 Å². The van der Waals surface area contributed by atoms with Crippen molar-refractivity contribution in [3.8, 4) is 17.4 Å². The Hall–Kier alpha value is -3.30. The van der Waals surface area contributed by atoms with Crippen molar-refractivity contribution in [3.05, 3.63) is 58.0 Å². The molecular weight excluding hydrogens is 430 g/mol. The van der Waals surface area contributed by atoms with E-state index >= 15 is 0 Å². The summed E-state index contributed by atoms with van der Waals surface area (Å²) < 4.78 is 6.50. The number of ether oxygens (including phenoxy) is 1.